The van der Waals surface area contributed by atoms with Crippen molar-refractivity contribution in [3.63, 3.8) is 0 Å². The highest BCUT2D eigenvalue weighted by Crippen LogP contribution is 2.57. The first-order chi connectivity index (χ1) is 10.7. The lowest BCUT2D eigenvalue weighted by Crippen LogP contribution is -2.02. The van der Waals surface area contributed by atoms with Gasteiger partial charge < -0.3 is 14.3 Å². The average Bonchev–Trinajstić information content (AvgIpc) is 2.40. The molecule has 132 valence electrons. The van der Waals surface area contributed by atoms with E-state index in [-0.39, 0.29) is 5.75 Å². The third-order valence-corrected chi connectivity index (χ3v) is 5.34. The third kappa shape index (κ3) is 7.62. The molecule has 0 aliphatic carbocycles. The number of hydrogen-bond acceptors (Lipinski definition) is 4. The first-order valence-electron chi connectivity index (χ1n) is 7.58. The predicted octanol–water partition coefficient (Wildman–Crippen LogP) is 3.96. The summed E-state index contributed by atoms with van der Waals surface area (Å²) in [4.78, 5) is 26.9. The molecule has 0 aliphatic heterocycles. The zero-order valence-electron chi connectivity index (χ0n) is 13.3. The molecule has 7 nitrogen and oxygen atoms in total. The average molecular weight is 366 g/mol. The lowest BCUT2D eigenvalue weighted by atomic mass is 9.97. The summed E-state index contributed by atoms with van der Waals surface area (Å²) in [5.74, 6) is 0.131. The lowest BCUT2D eigenvalue weighted by Gasteiger charge is -2.18. The molecule has 0 fully saturated rings. The number of hydrogen-bond donors (Lipinski definition) is 3. The number of phosphoric ester groups is 1. The molecule has 1 atom stereocenters. The van der Waals surface area contributed by atoms with E-state index in [1.54, 1.807) is 6.07 Å². The second-order valence-electron chi connectivity index (χ2n) is 5.23. The summed E-state index contributed by atoms with van der Waals surface area (Å²) in [6, 6.07) is 5.12. The van der Waals surface area contributed by atoms with Crippen LogP contribution in [-0.4, -0.2) is 14.7 Å². The summed E-state index contributed by atoms with van der Waals surface area (Å²) in [5.41, 5.74) is 1.79. The van der Waals surface area contributed by atoms with Gasteiger partial charge in [0.1, 0.15) is 5.75 Å². The van der Waals surface area contributed by atoms with E-state index in [1.165, 1.54) is 6.07 Å². The standard InChI is InChI=1S/C14H24O7P2/c1-3-5-8-12-9-7-11-14(13(12)10-6-4-2)20-23(18,19)21-22(15,16)17/h7,9,11H,3-6,8,10H2,1-2H3,(H,18,19)(H2,15,16,17). The maximum atomic E-state index is 11.8. The predicted molar refractivity (Wildman–Crippen MR) is 87.2 cm³/mol. The van der Waals surface area contributed by atoms with Crippen molar-refractivity contribution in [3.8, 4) is 5.75 Å². The van der Waals surface area contributed by atoms with Crippen LogP contribution in [0.3, 0.4) is 0 Å². The van der Waals surface area contributed by atoms with E-state index in [0.717, 1.165) is 43.2 Å². The Morgan fingerprint density at radius 3 is 2.17 bits per heavy atom. The lowest BCUT2D eigenvalue weighted by molar-refractivity contribution is 0.229. The van der Waals surface area contributed by atoms with Gasteiger partial charge in [-0.2, -0.15) is 4.31 Å². The molecule has 9 heteroatoms. The van der Waals surface area contributed by atoms with E-state index in [2.05, 4.69) is 11.2 Å². The molecule has 0 spiro atoms. The van der Waals surface area contributed by atoms with Crippen molar-refractivity contribution in [1.29, 1.82) is 0 Å². The fraction of sp³-hybridized carbons (Fsp3) is 0.571. The molecule has 0 aromatic heterocycles. The van der Waals surface area contributed by atoms with Gasteiger partial charge in [-0.05, 0) is 42.9 Å². The molecule has 0 bridgehead atoms. The molecular weight excluding hydrogens is 342 g/mol. The van der Waals surface area contributed by atoms with Crippen molar-refractivity contribution < 1.29 is 32.6 Å². The van der Waals surface area contributed by atoms with Crippen molar-refractivity contribution in [2.24, 2.45) is 0 Å². The quantitative estimate of drug-likeness (QED) is 0.537. The van der Waals surface area contributed by atoms with Crippen LogP contribution in [0.25, 0.3) is 0 Å². The Kier molecular flexibility index (Phi) is 7.95. The number of unbranched alkanes of at least 4 members (excludes halogenated alkanes) is 2. The van der Waals surface area contributed by atoms with Crippen molar-refractivity contribution in [3.05, 3.63) is 29.3 Å². The first-order valence-corrected chi connectivity index (χ1v) is 10.6. The number of rotatable bonds is 10. The Labute approximate surface area is 136 Å². The second kappa shape index (κ2) is 8.97. The fourth-order valence-electron chi connectivity index (χ4n) is 2.21. The van der Waals surface area contributed by atoms with Crippen LogP contribution in [0.15, 0.2) is 18.2 Å². The summed E-state index contributed by atoms with van der Waals surface area (Å²) in [5, 5.41) is 0. The van der Waals surface area contributed by atoms with Crippen LogP contribution in [0, 0.1) is 0 Å². The van der Waals surface area contributed by atoms with Gasteiger partial charge in [0.05, 0.1) is 0 Å². The van der Waals surface area contributed by atoms with Gasteiger partial charge in [-0.3, -0.25) is 4.89 Å². The number of aryl methyl sites for hydroxylation is 1. The largest absolute Gasteiger partial charge is 0.536 e. The molecule has 0 saturated heterocycles. The van der Waals surface area contributed by atoms with Crippen molar-refractivity contribution in [2.75, 3.05) is 0 Å². The molecule has 1 rings (SSSR count). The zero-order chi connectivity index (χ0) is 17.5. The molecule has 0 aliphatic rings. The van der Waals surface area contributed by atoms with E-state index >= 15 is 0 Å². The Morgan fingerprint density at radius 2 is 1.61 bits per heavy atom. The molecule has 1 unspecified atom stereocenters. The Bertz CT molecular complexity index is 597. The van der Waals surface area contributed by atoms with Crippen LogP contribution < -0.4 is 4.52 Å². The zero-order valence-corrected chi connectivity index (χ0v) is 15.1. The van der Waals surface area contributed by atoms with Gasteiger partial charge in [0.15, 0.2) is 0 Å². The Balaban J connectivity index is 3.08. The van der Waals surface area contributed by atoms with Gasteiger partial charge in [-0.1, -0.05) is 38.8 Å². The normalized spacial score (nSPS) is 14.5. The van der Waals surface area contributed by atoms with Gasteiger partial charge in [0, 0.05) is 0 Å². The van der Waals surface area contributed by atoms with Gasteiger partial charge in [-0.15, -0.1) is 0 Å². The highest BCUT2D eigenvalue weighted by Gasteiger charge is 2.34. The van der Waals surface area contributed by atoms with E-state index in [1.807, 2.05) is 13.0 Å². The van der Waals surface area contributed by atoms with Crippen LogP contribution in [-0.2, 0) is 26.3 Å². The van der Waals surface area contributed by atoms with Crippen LogP contribution in [0.4, 0.5) is 0 Å². The maximum Gasteiger partial charge on any atom is 0.536 e. The van der Waals surface area contributed by atoms with E-state index < -0.39 is 15.6 Å². The highest BCUT2D eigenvalue weighted by molar-refractivity contribution is 7.60. The smallest absolute Gasteiger partial charge is 0.404 e. The molecular formula is C14H24O7P2. The van der Waals surface area contributed by atoms with E-state index in [0.29, 0.717) is 6.42 Å². The molecule has 23 heavy (non-hydrogen) atoms. The van der Waals surface area contributed by atoms with E-state index in [4.69, 9.17) is 14.3 Å². The molecule has 0 saturated carbocycles. The summed E-state index contributed by atoms with van der Waals surface area (Å²) >= 11 is 0. The topological polar surface area (TPSA) is 113 Å². The third-order valence-electron chi connectivity index (χ3n) is 3.23. The molecule has 0 amide bonds. The Morgan fingerprint density at radius 1 is 1.00 bits per heavy atom. The van der Waals surface area contributed by atoms with Crippen molar-refractivity contribution in [2.45, 2.75) is 52.4 Å². The molecule has 3 N–H and O–H groups in total. The molecule has 1 aromatic carbocycles. The minimum Gasteiger partial charge on any atom is -0.404 e. The fourth-order valence-corrected chi connectivity index (χ4v) is 3.84. The van der Waals surface area contributed by atoms with E-state index in [9.17, 15) is 14.0 Å². The monoisotopic (exact) mass is 366 g/mol. The minimum absolute atomic E-state index is 0.131. The van der Waals surface area contributed by atoms with Crippen LogP contribution in [0.1, 0.15) is 50.7 Å². The first kappa shape index (κ1) is 20.4. The SMILES string of the molecule is CCCCc1cccc(OP(=O)(O)OP(=O)(O)O)c1CCCC. The number of phosphoric acid groups is 2. The molecule has 0 radical (unpaired) electrons. The van der Waals surface area contributed by atoms with Gasteiger partial charge in [-0.25, -0.2) is 9.13 Å². The summed E-state index contributed by atoms with van der Waals surface area (Å²) in [6.07, 6.45) is 5.26. The van der Waals surface area contributed by atoms with Gasteiger partial charge in [0.25, 0.3) is 0 Å². The summed E-state index contributed by atoms with van der Waals surface area (Å²) < 4.78 is 31.3. The summed E-state index contributed by atoms with van der Waals surface area (Å²) in [6.45, 7) is 4.10. The van der Waals surface area contributed by atoms with Crippen LogP contribution in [0.2, 0.25) is 0 Å². The minimum atomic E-state index is -5.13. The second-order valence-corrected chi connectivity index (χ2v) is 7.99. The number of benzene rings is 1. The molecule has 0 heterocycles. The Hall–Kier alpha value is -0.680. The van der Waals surface area contributed by atoms with Gasteiger partial charge in [0.2, 0.25) is 0 Å². The van der Waals surface area contributed by atoms with Crippen LogP contribution >= 0.6 is 15.6 Å². The maximum absolute atomic E-state index is 11.8. The van der Waals surface area contributed by atoms with Crippen molar-refractivity contribution in [1.82, 2.24) is 0 Å². The molecule has 1 aromatic rings. The van der Waals surface area contributed by atoms with Crippen molar-refractivity contribution >= 4 is 15.6 Å². The van der Waals surface area contributed by atoms with Crippen LogP contribution in [0.5, 0.6) is 5.75 Å². The highest BCUT2D eigenvalue weighted by atomic mass is 31.3. The summed E-state index contributed by atoms with van der Waals surface area (Å²) in [7, 11) is -10.0. The van der Waals surface area contributed by atoms with Gasteiger partial charge >= 0.3 is 15.6 Å².